The summed E-state index contributed by atoms with van der Waals surface area (Å²) in [7, 11) is 0. The fourth-order valence-electron chi connectivity index (χ4n) is 0.943. The minimum absolute atomic E-state index is 0.0207. The van der Waals surface area contributed by atoms with Gasteiger partial charge >= 0.3 is 0 Å². The predicted octanol–water partition coefficient (Wildman–Crippen LogP) is 1.19. The number of amides is 1. The highest BCUT2D eigenvalue weighted by Crippen LogP contribution is 2.14. The summed E-state index contributed by atoms with van der Waals surface area (Å²) in [6, 6.07) is 6.17. The van der Waals surface area contributed by atoms with Crippen molar-refractivity contribution in [3.05, 3.63) is 42.2 Å². The Morgan fingerprint density at radius 2 is 2.07 bits per heavy atom. The van der Waals surface area contributed by atoms with E-state index in [1.54, 1.807) is 12.1 Å². The predicted molar refractivity (Wildman–Crippen MR) is 52.2 cm³/mol. The van der Waals surface area contributed by atoms with E-state index in [4.69, 9.17) is 5.11 Å². The van der Waals surface area contributed by atoms with Crippen LogP contribution in [0.2, 0.25) is 0 Å². The average Bonchev–Trinajstić information content (AvgIpc) is 2.15. The lowest BCUT2D eigenvalue weighted by Crippen LogP contribution is -2.25. The van der Waals surface area contributed by atoms with E-state index in [9.17, 15) is 9.90 Å². The highest BCUT2D eigenvalue weighted by Gasteiger charge is 2.08. The zero-order valence-electron chi connectivity index (χ0n) is 7.53. The summed E-state index contributed by atoms with van der Waals surface area (Å²) < 4.78 is 0. The summed E-state index contributed by atoms with van der Waals surface area (Å²) >= 11 is 0. The summed E-state index contributed by atoms with van der Waals surface area (Å²) in [4.78, 5) is 11.3. The van der Waals surface area contributed by atoms with Crippen molar-refractivity contribution in [1.82, 2.24) is 5.32 Å². The van der Waals surface area contributed by atoms with Gasteiger partial charge in [-0.2, -0.15) is 0 Å². The third-order valence-electron chi connectivity index (χ3n) is 1.60. The van der Waals surface area contributed by atoms with Gasteiger partial charge in [-0.3, -0.25) is 4.79 Å². The Balaban J connectivity index is 2.70. The van der Waals surface area contributed by atoms with Gasteiger partial charge in [-0.25, -0.2) is 0 Å². The number of benzene rings is 1. The smallest absolute Gasteiger partial charge is 0.255 e. The second-order valence-corrected chi connectivity index (χ2v) is 2.77. The van der Waals surface area contributed by atoms with Crippen molar-refractivity contribution in [3.63, 3.8) is 0 Å². The second kappa shape index (κ2) is 4.32. The molecular weight excluding hydrogens is 182 g/mol. The van der Waals surface area contributed by atoms with Crippen molar-refractivity contribution in [1.29, 1.82) is 0 Å². The van der Waals surface area contributed by atoms with Crippen molar-refractivity contribution < 1.29 is 15.0 Å². The highest BCUT2D eigenvalue weighted by atomic mass is 16.3. The van der Waals surface area contributed by atoms with Gasteiger partial charge in [0.15, 0.2) is 0 Å². The van der Waals surface area contributed by atoms with E-state index >= 15 is 0 Å². The molecule has 0 atom stereocenters. The van der Waals surface area contributed by atoms with Gasteiger partial charge < -0.3 is 15.5 Å². The molecule has 14 heavy (non-hydrogen) atoms. The Morgan fingerprint density at radius 3 is 2.64 bits per heavy atom. The molecule has 4 heteroatoms. The Kier molecular flexibility index (Phi) is 3.12. The number of hydrogen-bond donors (Lipinski definition) is 3. The van der Waals surface area contributed by atoms with Crippen molar-refractivity contribution in [2.24, 2.45) is 0 Å². The average molecular weight is 193 g/mol. The zero-order chi connectivity index (χ0) is 10.6. The molecule has 0 aliphatic rings. The summed E-state index contributed by atoms with van der Waals surface area (Å²) in [6.45, 7) is 3.20. The molecule has 1 aromatic rings. The number of phenolic OH excluding ortho intramolecular Hbond substituents is 1. The van der Waals surface area contributed by atoms with Gasteiger partial charge in [0, 0.05) is 0 Å². The van der Waals surface area contributed by atoms with Crippen LogP contribution in [0.3, 0.4) is 0 Å². The fourth-order valence-corrected chi connectivity index (χ4v) is 0.943. The first-order valence-electron chi connectivity index (χ1n) is 4.04. The van der Waals surface area contributed by atoms with E-state index in [0.29, 0.717) is 0 Å². The van der Waals surface area contributed by atoms with Crippen LogP contribution < -0.4 is 5.32 Å². The SMILES string of the molecule is C=C(O)CNC(=O)c1ccccc1O. The van der Waals surface area contributed by atoms with E-state index in [1.807, 2.05) is 0 Å². The molecule has 1 rings (SSSR count). The van der Waals surface area contributed by atoms with E-state index in [2.05, 4.69) is 11.9 Å². The molecule has 74 valence electrons. The van der Waals surface area contributed by atoms with Crippen molar-refractivity contribution in [2.45, 2.75) is 0 Å². The molecule has 0 aliphatic carbocycles. The Bertz CT molecular complexity index is 360. The lowest BCUT2D eigenvalue weighted by molar-refractivity contribution is 0.0950. The number of rotatable bonds is 3. The molecule has 1 aromatic carbocycles. The van der Waals surface area contributed by atoms with Crippen LogP contribution in [0.15, 0.2) is 36.6 Å². The molecule has 4 nitrogen and oxygen atoms in total. The number of carbonyl (C=O) groups is 1. The molecule has 0 aliphatic heterocycles. The number of aliphatic hydroxyl groups excluding tert-OH is 1. The molecule has 0 bridgehead atoms. The number of carbonyl (C=O) groups excluding carboxylic acids is 1. The quantitative estimate of drug-likeness (QED) is 0.631. The molecule has 0 spiro atoms. The highest BCUT2D eigenvalue weighted by molar-refractivity contribution is 5.96. The van der Waals surface area contributed by atoms with Crippen LogP contribution in [0.5, 0.6) is 5.75 Å². The first kappa shape index (κ1) is 10.1. The summed E-state index contributed by atoms with van der Waals surface area (Å²) in [5.74, 6) is -0.666. The molecule has 0 saturated heterocycles. The molecule has 0 fully saturated rings. The molecule has 0 heterocycles. The van der Waals surface area contributed by atoms with E-state index in [0.717, 1.165) is 0 Å². The number of nitrogens with one attached hydrogen (secondary N) is 1. The van der Waals surface area contributed by atoms with Gasteiger partial charge in [0.1, 0.15) is 11.5 Å². The van der Waals surface area contributed by atoms with Gasteiger partial charge in [-0.05, 0) is 12.1 Å². The maximum absolute atomic E-state index is 11.3. The molecule has 0 saturated carbocycles. The van der Waals surface area contributed by atoms with Crippen LogP contribution >= 0.6 is 0 Å². The monoisotopic (exact) mass is 193 g/mol. The number of phenols is 1. The van der Waals surface area contributed by atoms with Crippen LogP contribution in [0.4, 0.5) is 0 Å². The molecule has 3 N–H and O–H groups in total. The molecule has 0 radical (unpaired) electrons. The van der Waals surface area contributed by atoms with Gasteiger partial charge in [-0.1, -0.05) is 18.7 Å². The maximum Gasteiger partial charge on any atom is 0.255 e. The standard InChI is InChI=1S/C10H11NO3/c1-7(12)6-11-10(14)8-4-2-3-5-9(8)13/h2-5,12-13H,1,6H2,(H,11,14). The van der Waals surface area contributed by atoms with Crippen LogP contribution in [0, 0.1) is 0 Å². The van der Waals surface area contributed by atoms with Crippen molar-refractivity contribution in [2.75, 3.05) is 6.54 Å². The van der Waals surface area contributed by atoms with Crippen LogP contribution in [0.25, 0.3) is 0 Å². The number of hydrogen-bond acceptors (Lipinski definition) is 3. The van der Waals surface area contributed by atoms with E-state index in [1.165, 1.54) is 12.1 Å². The minimum atomic E-state index is -0.446. The second-order valence-electron chi connectivity index (χ2n) is 2.77. The maximum atomic E-state index is 11.3. The van der Waals surface area contributed by atoms with Crippen LogP contribution in [-0.2, 0) is 0 Å². The van der Waals surface area contributed by atoms with Crippen LogP contribution in [-0.4, -0.2) is 22.7 Å². The first-order chi connectivity index (χ1) is 6.61. The van der Waals surface area contributed by atoms with E-state index in [-0.39, 0.29) is 23.6 Å². The number of aromatic hydroxyl groups is 1. The van der Waals surface area contributed by atoms with Gasteiger partial charge in [0.05, 0.1) is 12.1 Å². The fraction of sp³-hybridized carbons (Fsp3) is 0.100. The summed E-state index contributed by atoms with van der Waals surface area (Å²) in [6.07, 6.45) is 0. The topological polar surface area (TPSA) is 69.6 Å². The Hall–Kier alpha value is -1.97. The molecule has 1 amide bonds. The number of aliphatic hydroxyl groups is 1. The third kappa shape index (κ3) is 2.52. The molecule has 0 unspecified atom stereocenters. The van der Waals surface area contributed by atoms with Crippen molar-refractivity contribution in [3.8, 4) is 5.75 Å². The summed E-state index contributed by atoms with van der Waals surface area (Å²) in [5, 5.41) is 20.4. The minimum Gasteiger partial charge on any atom is -0.511 e. The molecular formula is C10H11NO3. The van der Waals surface area contributed by atoms with Crippen molar-refractivity contribution >= 4 is 5.91 Å². The van der Waals surface area contributed by atoms with Gasteiger partial charge in [-0.15, -0.1) is 0 Å². The summed E-state index contributed by atoms with van der Waals surface area (Å²) in [5.41, 5.74) is 0.175. The van der Waals surface area contributed by atoms with Gasteiger partial charge in [0.25, 0.3) is 5.91 Å². The largest absolute Gasteiger partial charge is 0.511 e. The Labute approximate surface area is 81.5 Å². The van der Waals surface area contributed by atoms with Gasteiger partial charge in [0.2, 0.25) is 0 Å². The normalized spacial score (nSPS) is 9.43. The molecule has 0 aromatic heterocycles. The van der Waals surface area contributed by atoms with E-state index < -0.39 is 5.91 Å². The first-order valence-corrected chi connectivity index (χ1v) is 4.04. The lowest BCUT2D eigenvalue weighted by atomic mass is 10.2. The number of para-hydroxylation sites is 1. The Morgan fingerprint density at radius 1 is 1.43 bits per heavy atom. The zero-order valence-corrected chi connectivity index (χ0v) is 7.53. The van der Waals surface area contributed by atoms with Crippen LogP contribution in [0.1, 0.15) is 10.4 Å². The third-order valence-corrected chi connectivity index (χ3v) is 1.60. The lowest BCUT2D eigenvalue weighted by Gasteiger charge is -2.05.